The van der Waals surface area contributed by atoms with Crippen LogP contribution in [0.5, 0.6) is 0 Å². The highest BCUT2D eigenvalue weighted by Gasteiger charge is 2.38. The fraction of sp³-hybridized carbons (Fsp3) is 0.769. The molecule has 2 aliphatic rings. The first-order valence-corrected chi connectivity index (χ1v) is 6.85. The molecule has 0 aromatic heterocycles. The number of carbonyl (C=O) groups is 3. The number of hydrogen-bond acceptors (Lipinski definition) is 3. The highest BCUT2D eigenvalue weighted by atomic mass is 16.4. The van der Waals surface area contributed by atoms with Crippen LogP contribution in [0.25, 0.3) is 0 Å². The van der Waals surface area contributed by atoms with Crippen LogP contribution in [0.2, 0.25) is 0 Å². The van der Waals surface area contributed by atoms with Crippen molar-refractivity contribution in [1.82, 2.24) is 9.80 Å². The van der Waals surface area contributed by atoms with Gasteiger partial charge in [0.05, 0.1) is 5.92 Å². The molecule has 0 spiro atoms. The van der Waals surface area contributed by atoms with E-state index in [-0.39, 0.29) is 18.4 Å². The van der Waals surface area contributed by atoms with Crippen molar-refractivity contribution >= 4 is 17.8 Å². The SMILES string of the molecule is CC[C@H](C(=O)N1CC[C@@H](C(=O)O)C1)N1CCCC1=O. The number of rotatable bonds is 4. The van der Waals surface area contributed by atoms with Gasteiger partial charge in [-0.2, -0.15) is 0 Å². The molecule has 2 heterocycles. The summed E-state index contributed by atoms with van der Waals surface area (Å²) in [5.74, 6) is -1.37. The molecule has 2 rings (SSSR count). The van der Waals surface area contributed by atoms with E-state index < -0.39 is 17.9 Å². The summed E-state index contributed by atoms with van der Waals surface area (Å²) in [4.78, 5) is 38.3. The van der Waals surface area contributed by atoms with Crippen molar-refractivity contribution in [1.29, 1.82) is 0 Å². The standard InChI is InChI=1S/C13H20N2O4/c1-2-10(15-6-3-4-11(15)16)12(17)14-7-5-9(8-14)13(18)19/h9-10H,2-8H2,1H3,(H,18,19)/t9-,10-/m1/s1. The van der Waals surface area contributed by atoms with Gasteiger partial charge in [0.15, 0.2) is 0 Å². The molecule has 0 radical (unpaired) electrons. The number of carboxylic acids is 1. The topological polar surface area (TPSA) is 77.9 Å². The van der Waals surface area contributed by atoms with Gasteiger partial charge in [-0.05, 0) is 19.3 Å². The number of nitrogens with zero attached hydrogens (tertiary/aromatic N) is 2. The second-order valence-electron chi connectivity index (χ2n) is 5.22. The Labute approximate surface area is 112 Å². The second-order valence-corrected chi connectivity index (χ2v) is 5.22. The molecule has 1 N–H and O–H groups in total. The minimum Gasteiger partial charge on any atom is -0.481 e. The lowest BCUT2D eigenvalue weighted by Gasteiger charge is -2.29. The quantitative estimate of drug-likeness (QED) is 0.796. The lowest BCUT2D eigenvalue weighted by molar-refractivity contribution is -0.144. The molecule has 6 nitrogen and oxygen atoms in total. The third-order valence-corrected chi connectivity index (χ3v) is 4.01. The molecular formula is C13H20N2O4. The molecule has 2 saturated heterocycles. The average molecular weight is 268 g/mol. The Bertz CT molecular complexity index is 396. The van der Waals surface area contributed by atoms with Gasteiger partial charge in [-0.1, -0.05) is 6.92 Å². The predicted molar refractivity (Wildman–Crippen MR) is 67.3 cm³/mol. The van der Waals surface area contributed by atoms with Gasteiger partial charge in [0, 0.05) is 26.1 Å². The molecular weight excluding hydrogens is 248 g/mol. The summed E-state index contributed by atoms with van der Waals surface area (Å²) in [6.45, 7) is 3.28. The summed E-state index contributed by atoms with van der Waals surface area (Å²) < 4.78 is 0. The van der Waals surface area contributed by atoms with E-state index in [2.05, 4.69) is 0 Å². The summed E-state index contributed by atoms with van der Waals surface area (Å²) >= 11 is 0. The van der Waals surface area contributed by atoms with E-state index >= 15 is 0 Å². The summed E-state index contributed by atoms with van der Waals surface area (Å²) in [5.41, 5.74) is 0. The van der Waals surface area contributed by atoms with Gasteiger partial charge in [0.2, 0.25) is 11.8 Å². The average Bonchev–Trinajstić information content (AvgIpc) is 3.00. The molecule has 0 bridgehead atoms. The first kappa shape index (κ1) is 13.8. The lowest BCUT2D eigenvalue weighted by atomic mass is 10.1. The van der Waals surface area contributed by atoms with E-state index in [0.29, 0.717) is 32.4 Å². The third-order valence-electron chi connectivity index (χ3n) is 4.01. The Kier molecular flexibility index (Phi) is 4.07. The van der Waals surface area contributed by atoms with Crippen molar-refractivity contribution in [2.45, 2.75) is 38.6 Å². The van der Waals surface area contributed by atoms with E-state index in [1.807, 2.05) is 6.92 Å². The summed E-state index contributed by atoms with van der Waals surface area (Å²) in [6.07, 6.45) is 2.41. The van der Waals surface area contributed by atoms with Crippen LogP contribution in [0.3, 0.4) is 0 Å². The van der Waals surface area contributed by atoms with Gasteiger partial charge in [0.25, 0.3) is 0 Å². The number of amides is 2. The molecule has 0 aromatic carbocycles. The Balaban J connectivity index is 2.01. The number of carbonyl (C=O) groups excluding carboxylic acids is 2. The monoisotopic (exact) mass is 268 g/mol. The zero-order valence-corrected chi connectivity index (χ0v) is 11.2. The molecule has 106 valence electrons. The normalized spacial score (nSPS) is 24.9. The van der Waals surface area contributed by atoms with Gasteiger partial charge in [-0.25, -0.2) is 0 Å². The molecule has 6 heteroatoms. The van der Waals surface area contributed by atoms with Gasteiger partial charge >= 0.3 is 5.97 Å². The molecule has 2 atom stereocenters. The third kappa shape index (κ3) is 2.72. The Morgan fingerprint density at radius 1 is 1.42 bits per heavy atom. The zero-order valence-electron chi connectivity index (χ0n) is 11.2. The molecule has 0 aromatic rings. The van der Waals surface area contributed by atoms with Crippen LogP contribution in [0.4, 0.5) is 0 Å². The summed E-state index contributed by atoms with van der Waals surface area (Å²) in [6, 6.07) is -0.414. The van der Waals surface area contributed by atoms with Crippen LogP contribution in [0, 0.1) is 5.92 Å². The molecule has 0 saturated carbocycles. The van der Waals surface area contributed by atoms with Crippen molar-refractivity contribution in [3.8, 4) is 0 Å². The highest BCUT2D eigenvalue weighted by molar-refractivity contribution is 5.89. The van der Waals surface area contributed by atoms with Crippen LogP contribution < -0.4 is 0 Å². The van der Waals surface area contributed by atoms with Gasteiger partial charge in [0.1, 0.15) is 6.04 Å². The maximum atomic E-state index is 12.4. The number of hydrogen-bond donors (Lipinski definition) is 1. The summed E-state index contributed by atoms with van der Waals surface area (Å²) in [5, 5.41) is 8.96. The van der Waals surface area contributed by atoms with Crippen LogP contribution in [0.1, 0.15) is 32.6 Å². The maximum Gasteiger partial charge on any atom is 0.308 e. The van der Waals surface area contributed by atoms with Gasteiger partial charge < -0.3 is 14.9 Å². The van der Waals surface area contributed by atoms with Crippen molar-refractivity contribution in [2.24, 2.45) is 5.92 Å². The number of aliphatic carboxylic acids is 1. The van der Waals surface area contributed by atoms with Crippen LogP contribution >= 0.6 is 0 Å². The molecule has 2 amide bonds. The highest BCUT2D eigenvalue weighted by Crippen LogP contribution is 2.22. The Morgan fingerprint density at radius 3 is 2.63 bits per heavy atom. The van der Waals surface area contributed by atoms with Crippen molar-refractivity contribution < 1.29 is 19.5 Å². The second kappa shape index (κ2) is 5.59. The smallest absolute Gasteiger partial charge is 0.308 e. The fourth-order valence-electron chi connectivity index (χ4n) is 2.90. The molecule has 2 fully saturated rings. The van der Waals surface area contributed by atoms with Crippen molar-refractivity contribution in [3.05, 3.63) is 0 Å². The minimum absolute atomic E-state index is 0.0363. The lowest BCUT2D eigenvalue weighted by Crippen LogP contribution is -2.48. The molecule has 0 aliphatic carbocycles. The molecule has 0 unspecified atom stereocenters. The maximum absolute atomic E-state index is 12.4. The fourth-order valence-corrected chi connectivity index (χ4v) is 2.90. The van der Waals surface area contributed by atoms with E-state index in [9.17, 15) is 14.4 Å². The van der Waals surface area contributed by atoms with E-state index in [0.717, 1.165) is 6.42 Å². The Morgan fingerprint density at radius 2 is 2.16 bits per heavy atom. The van der Waals surface area contributed by atoms with E-state index in [4.69, 9.17) is 5.11 Å². The molecule has 19 heavy (non-hydrogen) atoms. The van der Waals surface area contributed by atoms with Gasteiger partial charge in [-0.15, -0.1) is 0 Å². The molecule has 2 aliphatic heterocycles. The largest absolute Gasteiger partial charge is 0.481 e. The summed E-state index contributed by atoms with van der Waals surface area (Å²) in [7, 11) is 0. The van der Waals surface area contributed by atoms with Crippen molar-refractivity contribution in [2.75, 3.05) is 19.6 Å². The number of carboxylic acid groups (broad SMARTS) is 1. The van der Waals surface area contributed by atoms with Gasteiger partial charge in [-0.3, -0.25) is 14.4 Å². The first-order chi connectivity index (χ1) is 9.04. The van der Waals surface area contributed by atoms with E-state index in [1.165, 1.54) is 0 Å². The Hall–Kier alpha value is -1.59. The van der Waals surface area contributed by atoms with Crippen LogP contribution in [0.15, 0.2) is 0 Å². The van der Waals surface area contributed by atoms with Crippen LogP contribution in [-0.2, 0) is 14.4 Å². The zero-order chi connectivity index (χ0) is 14.0. The van der Waals surface area contributed by atoms with Crippen molar-refractivity contribution in [3.63, 3.8) is 0 Å². The predicted octanol–water partition coefficient (Wildman–Crippen LogP) is 0.320. The minimum atomic E-state index is -0.847. The number of likely N-dealkylation sites (tertiary alicyclic amines) is 2. The van der Waals surface area contributed by atoms with E-state index in [1.54, 1.807) is 9.80 Å². The first-order valence-electron chi connectivity index (χ1n) is 6.85. The van der Waals surface area contributed by atoms with Crippen LogP contribution in [-0.4, -0.2) is 58.4 Å².